The van der Waals surface area contributed by atoms with Crippen molar-refractivity contribution in [3.8, 4) is 5.75 Å². The van der Waals surface area contributed by atoms with Crippen LogP contribution < -0.4 is 10.3 Å². The van der Waals surface area contributed by atoms with Crippen molar-refractivity contribution in [1.82, 2.24) is 14.5 Å². The van der Waals surface area contributed by atoms with Crippen molar-refractivity contribution in [1.29, 1.82) is 0 Å². The van der Waals surface area contributed by atoms with Crippen LogP contribution in [0.3, 0.4) is 0 Å². The van der Waals surface area contributed by atoms with Crippen LogP contribution in [0.25, 0.3) is 10.9 Å². The minimum Gasteiger partial charge on any atom is -0.496 e. The van der Waals surface area contributed by atoms with Crippen LogP contribution >= 0.6 is 0 Å². The van der Waals surface area contributed by atoms with E-state index in [1.165, 1.54) is 7.11 Å². The van der Waals surface area contributed by atoms with Crippen LogP contribution in [0.15, 0.2) is 35.1 Å². The van der Waals surface area contributed by atoms with E-state index < -0.39 is 5.67 Å². The molecule has 1 saturated carbocycles. The zero-order chi connectivity index (χ0) is 27.9. The third-order valence-corrected chi connectivity index (χ3v) is 8.93. The third kappa shape index (κ3) is 4.90. The second-order valence-electron chi connectivity index (χ2n) is 11.3. The molecule has 1 aliphatic carbocycles. The van der Waals surface area contributed by atoms with Gasteiger partial charge in [-0.25, -0.2) is 4.39 Å². The number of Topliss-reactive ketones (excluding diaryl/α,β-unsaturated/α-hetero) is 1. The summed E-state index contributed by atoms with van der Waals surface area (Å²) in [5.41, 5.74) is 1.92. The number of benzene rings is 1. The minimum absolute atomic E-state index is 0.00848. The number of methoxy groups -OCH3 is 1. The summed E-state index contributed by atoms with van der Waals surface area (Å²) >= 11 is 0. The third-order valence-electron chi connectivity index (χ3n) is 8.93. The van der Waals surface area contributed by atoms with Crippen molar-refractivity contribution in [3.05, 3.63) is 63.2 Å². The molecule has 2 aromatic heterocycles. The standard InChI is InChI=1S/C31H38FN3O4/c1-19-18-27(39-4)24(29(37)33-19)10-11-26(36)28-21(3)35(25-9-6-5-8-23(25)28)20(2)22-12-16-34(17-13-22)30(38)31(32)14-7-15-31/h5-6,8-9,18,20,22H,7,10-17H2,1-4H3,(H,33,37)/t20-/m1/s1. The first-order chi connectivity index (χ1) is 18.6. The molecular weight excluding hydrogens is 497 g/mol. The van der Waals surface area contributed by atoms with Gasteiger partial charge in [-0.05, 0) is 77.3 Å². The van der Waals surface area contributed by atoms with Gasteiger partial charge in [0.05, 0.1) is 12.7 Å². The van der Waals surface area contributed by atoms with Gasteiger partial charge in [-0.1, -0.05) is 18.2 Å². The number of H-pyrrole nitrogens is 1. The molecule has 1 N–H and O–H groups in total. The molecule has 8 heteroatoms. The van der Waals surface area contributed by atoms with Gasteiger partial charge in [0.25, 0.3) is 11.5 Å². The highest BCUT2D eigenvalue weighted by atomic mass is 19.1. The van der Waals surface area contributed by atoms with Crippen LogP contribution in [0.5, 0.6) is 5.75 Å². The van der Waals surface area contributed by atoms with E-state index in [9.17, 15) is 18.8 Å². The number of likely N-dealkylation sites (tertiary alicyclic amines) is 1. The largest absolute Gasteiger partial charge is 0.496 e. The highest BCUT2D eigenvalue weighted by molar-refractivity contribution is 6.09. The maximum absolute atomic E-state index is 14.7. The number of carbonyl (C=O) groups is 2. The van der Waals surface area contributed by atoms with E-state index in [0.29, 0.717) is 54.4 Å². The Kier molecular flexibility index (Phi) is 7.40. The van der Waals surface area contributed by atoms with Crippen molar-refractivity contribution < 1.29 is 18.7 Å². The van der Waals surface area contributed by atoms with Gasteiger partial charge in [0, 0.05) is 53.4 Å². The number of aromatic nitrogens is 2. The molecule has 1 saturated heterocycles. The molecule has 0 bridgehead atoms. The molecule has 0 spiro atoms. The maximum Gasteiger partial charge on any atom is 0.260 e. The fraction of sp³-hybridized carbons (Fsp3) is 0.516. The van der Waals surface area contributed by atoms with Crippen molar-refractivity contribution in [2.45, 2.75) is 77.4 Å². The number of nitrogens with zero attached hydrogens (tertiary/aromatic N) is 2. The number of amides is 1. The first kappa shape index (κ1) is 27.2. The Hall–Kier alpha value is -3.42. The number of hydrogen-bond donors (Lipinski definition) is 1. The molecular formula is C31H38FN3O4. The van der Waals surface area contributed by atoms with E-state index in [4.69, 9.17) is 4.74 Å². The summed E-state index contributed by atoms with van der Waals surface area (Å²) in [7, 11) is 1.53. The molecule has 7 nitrogen and oxygen atoms in total. The van der Waals surface area contributed by atoms with E-state index in [2.05, 4.69) is 16.5 Å². The number of ketones is 1. The molecule has 1 aliphatic heterocycles. The van der Waals surface area contributed by atoms with Gasteiger partial charge >= 0.3 is 0 Å². The van der Waals surface area contributed by atoms with Crippen molar-refractivity contribution in [3.63, 3.8) is 0 Å². The van der Waals surface area contributed by atoms with Crippen molar-refractivity contribution >= 4 is 22.6 Å². The summed E-state index contributed by atoms with van der Waals surface area (Å²) in [6.07, 6.45) is 3.55. The molecule has 3 aromatic rings. The quantitative estimate of drug-likeness (QED) is 0.388. The SMILES string of the molecule is COc1cc(C)[nH]c(=O)c1CCC(=O)c1c(C)n([C@H](C)C2CCN(C(=O)C3(F)CCC3)CC2)c2ccccc12. The van der Waals surface area contributed by atoms with Crippen LogP contribution in [-0.2, 0) is 11.2 Å². The van der Waals surface area contributed by atoms with E-state index in [-0.39, 0.29) is 36.1 Å². The molecule has 5 rings (SSSR count). The minimum atomic E-state index is -1.64. The zero-order valence-corrected chi connectivity index (χ0v) is 23.3. The molecule has 0 radical (unpaired) electrons. The molecule has 208 valence electrons. The first-order valence-corrected chi connectivity index (χ1v) is 14.0. The van der Waals surface area contributed by atoms with Gasteiger partial charge in [0.2, 0.25) is 0 Å². The van der Waals surface area contributed by atoms with E-state index in [0.717, 1.165) is 35.9 Å². The Morgan fingerprint density at radius 1 is 1.18 bits per heavy atom. The summed E-state index contributed by atoms with van der Waals surface area (Å²) in [4.78, 5) is 43.4. The van der Waals surface area contributed by atoms with E-state index in [1.807, 2.05) is 31.2 Å². The van der Waals surface area contributed by atoms with Gasteiger partial charge in [-0.2, -0.15) is 0 Å². The number of piperidine rings is 1. The predicted molar refractivity (Wildman–Crippen MR) is 149 cm³/mol. The molecule has 1 atom stereocenters. The molecule has 2 aliphatic rings. The lowest BCUT2D eigenvalue weighted by atomic mass is 9.80. The monoisotopic (exact) mass is 535 g/mol. The Balaban J connectivity index is 1.36. The molecule has 2 fully saturated rings. The lowest BCUT2D eigenvalue weighted by Crippen LogP contribution is -2.52. The first-order valence-electron chi connectivity index (χ1n) is 14.0. The highest BCUT2D eigenvalue weighted by Crippen LogP contribution is 2.40. The summed E-state index contributed by atoms with van der Waals surface area (Å²) < 4.78 is 22.4. The van der Waals surface area contributed by atoms with Crippen LogP contribution in [-0.4, -0.2) is 52.0 Å². The van der Waals surface area contributed by atoms with Crippen molar-refractivity contribution in [2.75, 3.05) is 20.2 Å². The number of ether oxygens (including phenoxy) is 1. The number of fused-ring (bicyclic) bond motifs is 1. The van der Waals surface area contributed by atoms with Gasteiger partial charge in [-0.15, -0.1) is 0 Å². The van der Waals surface area contributed by atoms with Crippen LogP contribution in [0.4, 0.5) is 4.39 Å². The highest BCUT2D eigenvalue weighted by Gasteiger charge is 2.47. The number of nitrogens with one attached hydrogen (secondary N) is 1. The number of pyridine rings is 1. The smallest absolute Gasteiger partial charge is 0.260 e. The Bertz CT molecular complexity index is 1460. The number of alkyl halides is 1. The van der Waals surface area contributed by atoms with E-state index in [1.54, 1.807) is 17.9 Å². The maximum atomic E-state index is 14.7. The van der Waals surface area contributed by atoms with Gasteiger partial charge in [0.15, 0.2) is 11.5 Å². The Morgan fingerprint density at radius 3 is 2.51 bits per heavy atom. The molecule has 3 heterocycles. The molecule has 0 unspecified atom stereocenters. The Labute approximate surface area is 228 Å². The fourth-order valence-corrected chi connectivity index (χ4v) is 6.52. The number of carbonyl (C=O) groups excluding carboxylic acids is 2. The summed E-state index contributed by atoms with van der Waals surface area (Å²) in [5.74, 6) is 0.460. The Morgan fingerprint density at radius 2 is 1.87 bits per heavy atom. The second-order valence-corrected chi connectivity index (χ2v) is 11.3. The van der Waals surface area contributed by atoms with Crippen LogP contribution in [0.2, 0.25) is 0 Å². The van der Waals surface area contributed by atoms with Gasteiger partial charge in [-0.3, -0.25) is 14.4 Å². The molecule has 1 aromatic carbocycles. The zero-order valence-electron chi connectivity index (χ0n) is 23.3. The van der Waals surface area contributed by atoms with Crippen LogP contribution in [0, 0.1) is 19.8 Å². The number of aromatic amines is 1. The number of para-hydroxylation sites is 1. The van der Waals surface area contributed by atoms with Gasteiger partial charge < -0.3 is 19.2 Å². The number of aryl methyl sites for hydroxylation is 1. The van der Waals surface area contributed by atoms with Crippen molar-refractivity contribution in [2.24, 2.45) is 5.92 Å². The average molecular weight is 536 g/mol. The normalized spacial score (nSPS) is 18.1. The molecule has 39 heavy (non-hydrogen) atoms. The lowest BCUT2D eigenvalue weighted by molar-refractivity contribution is -0.151. The topological polar surface area (TPSA) is 84.4 Å². The number of halogens is 1. The predicted octanol–water partition coefficient (Wildman–Crippen LogP) is 5.46. The van der Waals surface area contributed by atoms with Gasteiger partial charge in [0.1, 0.15) is 5.75 Å². The summed E-state index contributed by atoms with van der Waals surface area (Å²) in [6, 6.07) is 9.84. The van der Waals surface area contributed by atoms with E-state index >= 15 is 0 Å². The molecule has 1 amide bonds. The number of rotatable bonds is 8. The summed E-state index contributed by atoms with van der Waals surface area (Å²) in [6.45, 7) is 7.10. The van der Waals surface area contributed by atoms with Crippen LogP contribution in [0.1, 0.15) is 78.8 Å². The average Bonchev–Trinajstić information content (AvgIpc) is 3.21. The summed E-state index contributed by atoms with van der Waals surface area (Å²) in [5, 5.41) is 0.911. The fourth-order valence-electron chi connectivity index (χ4n) is 6.52. The lowest BCUT2D eigenvalue weighted by Gasteiger charge is -2.41. The number of hydrogen-bond acceptors (Lipinski definition) is 4. The second kappa shape index (κ2) is 10.6.